The van der Waals surface area contributed by atoms with Gasteiger partial charge in [-0.05, 0) is 43.8 Å². The summed E-state index contributed by atoms with van der Waals surface area (Å²) in [7, 11) is 1.85. The molecule has 0 unspecified atom stereocenters. The summed E-state index contributed by atoms with van der Waals surface area (Å²) < 4.78 is 18.5. The first-order chi connectivity index (χ1) is 13.0. The fourth-order valence-electron chi connectivity index (χ4n) is 3.20. The first-order valence-corrected chi connectivity index (χ1v) is 9.02. The lowest BCUT2D eigenvalue weighted by atomic mass is 10.1. The quantitative estimate of drug-likeness (QED) is 0.807. The molecule has 6 nitrogen and oxygen atoms in total. The number of halogens is 1. The van der Waals surface area contributed by atoms with Gasteiger partial charge in [0.1, 0.15) is 5.82 Å². The highest BCUT2D eigenvalue weighted by atomic mass is 19.1. The van der Waals surface area contributed by atoms with Crippen molar-refractivity contribution in [2.45, 2.75) is 19.5 Å². The average molecular weight is 373 g/mol. The van der Waals surface area contributed by atoms with E-state index in [0.29, 0.717) is 38.5 Å². The van der Waals surface area contributed by atoms with Crippen molar-refractivity contribution in [3.05, 3.63) is 59.8 Å². The van der Waals surface area contributed by atoms with Crippen LogP contribution in [0, 0.1) is 5.82 Å². The van der Waals surface area contributed by atoms with Crippen molar-refractivity contribution in [3.8, 4) is 0 Å². The zero-order valence-corrected chi connectivity index (χ0v) is 15.6. The van der Waals surface area contributed by atoms with Crippen molar-refractivity contribution < 1.29 is 18.4 Å². The summed E-state index contributed by atoms with van der Waals surface area (Å²) in [5, 5.41) is 0. The van der Waals surface area contributed by atoms with E-state index in [1.807, 2.05) is 24.9 Å². The number of hydrogen-bond donors (Lipinski definition) is 0. The molecule has 27 heavy (non-hydrogen) atoms. The molecule has 1 aliphatic heterocycles. The van der Waals surface area contributed by atoms with Gasteiger partial charge in [-0.25, -0.2) is 4.39 Å². The maximum atomic E-state index is 13.3. The molecule has 1 saturated heterocycles. The SMILES string of the molecule is C[C@@H](C(=O)N1CCN(C(=O)c2ccco2)CC1)N(C)Cc1cccc(F)c1. The molecule has 0 saturated carbocycles. The van der Waals surface area contributed by atoms with Crippen LogP contribution in [0.5, 0.6) is 0 Å². The van der Waals surface area contributed by atoms with Gasteiger partial charge in [-0.1, -0.05) is 12.1 Å². The lowest BCUT2D eigenvalue weighted by molar-refractivity contribution is -0.137. The molecular weight excluding hydrogens is 349 g/mol. The second-order valence-electron chi connectivity index (χ2n) is 6.82. The number of piperazine rings is 1. The van der Waals surface area contributed by atoms with E-state index in [-0.39, 0.29) is 23.7 Å². The van der Waals surface area contributed by atoms with E-state index < -0.39 is 0 Å². The van der Waals surface area contributed by atoms with Crippen molar-refractivity contribution in [3.63, 3.8) is 0 Å². The molecular formula is C20H24FN3O3. The van der Waals surface area contributed by atoms with Crippen molar-refractivity contribution in [1.82, 2.24) is 14.7 Å². The highest BCUT2D eigenvalue weighted by Crippen LogP contribution is 2.13. The number of likely N-dealkylation sites (N-methyl/N-ethyl adjacent to an activating group) is 1. The van der Waals surface area contributed by atoms with Crippen molar-refractivity contribution in [2.24, 2.45) is 0 Å². The van der Waals surface area contributed by atoms with E-state index in [0.717, 1.165) is 5.56 Å². The van der Waals surface area contributed by atoms with E-state index >= 15 is 0 Å². The van der Waals surface area contributed by atoms with E-state index in [1.54, 1.807) is 28.0 Å². The summed E-state index contributed by atoms with van der Waals surface area (Å²) in [6.45, 7) is 4.27. The molecule has 0 aliphatic carbocycles. The van der Waals surface area contributed by atoms with E-state index in [2.05, 4.69) is 0 Å². The summed E-state index contributed by atoms with van der Waals surface area (Å²) >= 11 is 0. The molecule has 1 aromatic heterocycles. The van der Waals surface area contributed by atoms with Gasteiger partial charge in [-0.3, -0.25) is 14.5 Å². The standard InChI is InChI=1S/C20H24FN3O3/c1-15(22(2)14-16-5-3-6-17(21)13-16)19(25)23-8-10-24(11-9-23)20(26)18-7-4-12-27-18/h3-7,12-13,15H,8-11,14H2,1-2H3/t15-/m0/s1. The number of furan rings is 1. The Balaban J connectivity index is 1.53. The van der Waals surface area contributed by atoms with Gasteiger partial charge in [0.2, 0.25) is 5.91 Å². The smallest absolute Gasteiger partial charge is 0.289 e. The third kappa shape index (κ3) is 4.54. The van der Waals surface area contributed by atoms with Gasteiger partial charge < -0.3 is 14.2 Å². The molecule has 1 fully saturated rings. The molecule has 2 amide bonds. The number of amides is 2. The highest BCUT2D eigenvalue weighted by molar-refractivity contribution is 5.91. The van der Waals surface area contributed by atoms with E-state index in [4.69, 9.17) is 4.42 Å². The van der Waals surface area contributed by atoms with Crippen LogP contribution in [0.4, 0.5) is 4.39 Å². The third-order valence-electron chi connectivity index (χ3n) is 4.95. The zero-order chi connectivity index (χ0) is 19.4. The Morgan fingerprint density at radius 1 is 1.15 bits per heavy atom. The molecule has 144 valence electrons. The number of nitrogens with zero attached hydrogens (tertiary/aromatic N) is 3. The largest absolute Gasteiger partial charge is 0.459 e. The van der Waals surface area contributed by atoms with Crippen LogP contribution in [0.2, 0.25) is 0 Å². The Hall–Kier alpha value is -2.67. The topological polar surface area (TPSA) is 57.0 Å². The van der Waals surface area contributed by atoms with Crippen LogP contribution in [0.25, 0.3) is 0 Å². The molecule has 7 heteroatoms. The molecule has 1 aliphatic rings. The molecule has 1 aromatic carbocycles. The van der Waals surface area contributed by atoms with Crippen molar-refractivity contribution in [1.29, 1.82) is 0 Å². The number of rotatable bonds is 5. The molecule has 2 heterocycles. The summed E-state index contributed by atoms with van der Waals surface area (Å²) in [5.41, 5.74) is 0.825. The number of benzene rings is 1. The van der Waals surface area contributed by atoms with Crippen LogP contribution in [0.3, 0.4) is 0 Å². The van der Waals surface area contributed by atoms with Gasteiger partial charge >= 0.3 is 0 Å². The molecule has 0 spiro atoms. The van der Waals surface area contributed by atoms with Crippen LogP contribution < -0.4 is 0 Å². The molecule has 2 aromatic rings. The fourth-order valence-corrected chi connectivity index (χ4v) is 3.20. The van der Waals surface area contributed by atoms with Gasteiger partial charge in [0, 0.05) is 32.7 Å². The molecule has 1 atom stereocenters. The van der Waals surface area contributed by atoms with Gasteiger partial charge in [-0.2, -0.15) is 0 Å². The predicted octanol–water partition coefficient (Wildman–Crippen LogP) is 2.22. The van der Waals surface area contributed by atoms with Gasteiger partial charge in [0.15, 0.2) is 5.76 Å². The first-order valence-electron chi connectivity index (χ1n) is 9.02. The first kappa shape index (κ1) is 19.1. The molecule has 3 rings (SSSR count). The normalized spacial score (nSPS) is 15.9. The minimum Gasteiger partial charge on any atom is -0.459 e. The maximum absolute atomic E-state index is 13.3. The Bertz CT molecular complexity index is 786. The lowest BCUT2D eigenvalue weighted by Crippen LogP contribution is -2.54. The Kier molecular flexibility index (Phi) is 5.91. The monoisotopic (exact) mass is 373 g/mol. The van der Waals surface area contributed by atoms with Gasteiger partial charge in [0.05, 0.1) is 12.3 Å². The van der Waals surface area contributed by atoms with Crippen LogP contribution in [-0.2, 0) is 11.3 Å². The van der Waals surface area contributed by atoms with Crippen LogP contribution in [-0.4, -0.2) is 65.8 Å². The fraction of sp³-hybridized carbons (Fsp3) is 0.400. The molecule has 0 N–H and O–H groups in total. The van der Waals surface area contributed by atoms with Gasteiger partial charge in [-0.15, -0.1) is 0 Å². The minimum absolute atomic E-state index is 0.0130. The van der Waals surface area contributed by atoms with Crippen molar-refractivity contribution in [2.75, 3.05) is 33.2 Å². The Morgan fingerprint density at radius 2 is 1.85 bits per heavy atom. The summed E-state index contributed by atoms with van der Waals surface area (Å²) in [6.07, 6.45) is 1.48. The summed E-state index contributed by atoms with van der Waals surface area (Å²) in [5.74, 6) is -0.0995. The van der Waals surface area contributed by atoms with Crippen LogP contribution in [0.15, 0.2) is 47.1 Å². The number of carbonyl (C=O) groups is 2. The Labute approximate surface area is 158 Å². The van der Waals surface area contributed by atoms with Crippen molar-refractivity contribution >= 4 is 11.8 Å². The predicted molar refractivity (Wildman–Crippen MR) is 98.5 cm³/mol. The van der Waals surface area contributed by atoms with Crippen LogP contribution in [0.1, 0.15) is 23.0 Å². The average Bonchev–Trinajstić information content (AvgIpc) is 3.21. The van der Waals surface area contributed by atoms with Crippen LogP contribution >= 0.6 is 0 Å². The highest BCUT2D eigenvalue weighted by Gasteiger charge is 2.29. The maximum Gasteiger partial charge on any atom is 0.289 e. The number of hydrogen-bond acceptors (Lipinski definition) is 4. The third-order valence-corrected chi connectivity index (χ3v) is 4.95. The van der Waals surface area contributed by atoms with E-state index in [9.17, 15) is 14.0 Å². The second kappa shape index (κ2) is 8.35. The van der Waals surface area contributed by atoms with E-state index in [1.165, 1.54) is 18.4 Å². The second-order valence-corrected chi connectivity index (χ2v) is 6.82. The molecule has 0 radical (unpaired) electrons. The summed E-state index contributed by atoms with van der Waals surface area (Å²) in [4.78, 5) is 30.5. The lowest BCUT2D eigenvalue weighted by Gasteiger charge is -2.37. The number of carbonyl (C=O) groups excluding carboxylic acids is 2. The van der Waals surface area contributed by atoms with Gasteiger partial charge in [0.25, 0.3) is 5.91 Å². The zero-order valence-electron chi connectivity index (χ0n) is 15.6. The Morgan fingerprint density at radius 3 is 2.48 bits per heavy atom. The molecule has 0 bridgehead atoms. The summed E-state index contributed by atoms with van der Waals surface area (Å²) in [6, 6.07) is 9.39. The minimum atomic E-state index is -0.333.